The fraction of sp³-hybridized carbons (Fsp3) is 0.275. The van der Waals surface area contributed by atoms with Crippen LogP contribution in [0.3, 0.4) is 0 Å². The van der Waals surface area contributed by atoms with Crippen LogP contribution in [0.1, 0.15) is 39.8 Å². The molecule has 304 valence electrons. The zero-order valence-corrected chi connectivity index (χ0v) is 33.1. The Morgan fingerprint density at radius 2 is 0.610 bits per heavy atom. The molecule has 0 radical (unpaired) electrons. The lowest BCUT2D eigenvalue weighted by atomic mass is 9.68. The molecule has 8 heteroatoms. The molecule has 6 aromatic rings. The lowest BCUT2D eigenvalue weighted by Crippen LogP contribution is -2.58. The molecule has 1 fully saturated rings. The van der Waals surface area contributed by atoms with E-state index in [1.165, 1.54) is 0 Å². The number of hydrogen-bond acceptors (Lipinski definition) is 8. The Kier molecular flexibility index (Phi) is 15.7. The lowest BCUT2D eigenvalue weighted by Gasteiger charge is -2.47. The number of rotatable bonds is 21. The van der Waals surface area contributed by atoms with Crippen LogP contribution in [0.5, 0.6) is 0 Å². The summed E-state index contributed by atoms with van der Waals surface area (Å²) in [5, 5.41) is 12.2. The van der Waals surface area contributed by atoms with E-state index in [0.717, 1.165) is 33.4 Å². The van der Waals surface area contributed by atoms with Crippen LogP contribution >= 0.6 is 0 Å². The maximum Gasteiger partial charge on any atom is 0.168 e. The van der Waals surface area contributed by atoms with E-state index in [1.807, 2.05) is 182 Å². The normalized spacial score (nSPS) is 18.1. The molecule has 1 aliphatic carbocycles. The number of hydrogen-bond donors (Lipinski definition) is 1. The van der Waals surface area contributed by atoms with Gasteiger partial charge in [-0.1, -0.05) is 182 Å². The fourth-order valence-electron chi connectivity index (χ4n) is 7.55. The largest absolute Gasteiger partial charge is 0.392 e. The van der Waals surface area contributed by atoms with E-state index >= 15 is 0 Å². The minimum Gasteiger partial charge on any atom is -0.392 e. The summed E-state index contributed by atoms with van der Waals surface area (Å²) >= 11 is 0. The summed E-state index contributed by atoms with van der Waals surface area (Å²) in [5.74, 6) is -2.89. The Bertz CT molecular complexity index is 1940. The van der Waals surface area contributed by atoms with E-state index in [-0.39, 0.29) is 51.8 Å². The SMILES string of the molecule is O=C1C[C@H](O)[C@@H](C(OCc2ccccc2)OCc2ccccc2)C(C(OCc2ccccc2)OCc2ccccc2)[C@H]1C(OCc1ccccc1)OCc1ccccc1. The molecule has 0 bridgehead atoms. The van der Waals surface area contributed by atoms with Gasteiger partial charge in [-0.2, -0.15) is 0 Å². The molecule has 0 heterocycles. The highest BCUT2D eigenvalue weighted by atomic mass is 16.7. The minimum absolute atomic E-state index is 0.171. The Morgan fingerprint density at radius 1 is 0.373 bits per heavy atom. The van der Waals surface area contributed by atoms with Gasteiger partial charge in [0.25, 0.3) is 0 Å². The third-order valence-corrected chi connectivity index (χ3v) is 10.5. The van der Waals surface area contributed by atoms with Crippen LogP contribution < -0.4 is 0 Å². The number of carbonyl (C=O) groups excluding carboxylic acids is 1. The molecule has 7 rings (SSSR count). The van der Waals surface area contributed by atoms with Crippen LogP contribution in [0.15, 0.2) is 182 Å². The van der Waals surface area contributed by atoms with Crippen molar-refractivity contribution in [1.29, 1.82) is 0 Å². The highest BCUT2D eigenvalue weighted by Crippen LogP contribution is 2.44. The van der Waals surface area contributed by atoms with Gasteiger partial charge in [-0.3, -0.25) is 4.79 Å². The molecule has 1 saturated carbocycles. The van der Waals surface area contributed by atoms with E-state index in [4.69, 9.17) is 28.4 Å². The van der Waals surface area contributed by atoms with Gasteiger partial charge in [-0.15, -0.1) is 0 Å². The first-order valence-electron chi connectivity index (χ1n) is 20.2. The van der Waals surface area contributed by atoms with Crippen molar-refractivity contribution in [3.8, 4) is 0 Å². The van der Waals surface area contributed by atoms with Crippen molar-refractivity contribution in [3.05, 3.63) is 215 Å². The summed E-state index contributed by atoms with van der Waals surface area (Å²) < 4.78 is 40.3. The zero-order chi connectivity index (χ0) is 40.5. The van der Waals surface area contributed by atoms with E-state index in [2.05, 4.69) is 0 Å². The van der Waals surface area contributed by atoms with Gasteiger partial charge in [-0.05, 0) is 33.4 Å². The Balaban J connectivity index is 1.31. The van der Waals surface area contributed by atoms with Crippen molar-refractivity contribution in [2.45, 2.75) is 71.0 Å². The molecule has 0 aliphatic heterocycles. The van der Waals surface area contributed by atoms with Gasteiger partial charge >= 0.3 is 0 Å². The second-order valence-corrected chi connectivity index (χ2v) is 14.8. The zero-order valence-electron chi connectivity index (χ0n) is 33.1. The highest BCUT2D eigenvalue weighted by molar-refractivity contribution is 5.83. The van der Waals surface area contributed by atoms with E-state index < -0.39 is 42.7 Å². The quantitative estimate of drug-likeness (QED) is 0.0722. The smallest absolute Gasteiger partial charge is 0.168 e. The average molecular weight is 793 g/mol. The molecule has 59 heavy (non-hydrogen) atoms. The Hall–Kier alpha value is -5.29. The monoisotopic (exact) mass is 792 g/mol. The van der Waals surface area contributed by atoms with Crippen molar-refractivity contribution in [3.63, 3.8) is 0 Å². The maximum absolute atomic E-state index is 14.7. The van der Waals surface area contributed by atoms with Crippen LogP contribution in [-0.4, -0.2) is 35.9 Å². The van der Waals surface area contributed by atoms with Crippen molar-refractivity contribution in [2.24, 2.45) is 17.8 Å². The van der Waals surface area contributed by atoms with Crippen molar-refractivity contribution < 1.29 is 38.3 Å². The van der Waals surface area contributed by atoms with Gasteiger partial charge in [0.15, 0.2) is 18.9 Å². The van der Waals surface area contributed by atoms with Gasteiger partial charge in [-0.25, -0.2) is 0 Å². The number of ether oxygens (including phenoxy) is 6. The Morgan fingerprint density at radius 3 is 0.881 bits per heavy atom. The average Bonchev–Trinajstić information content (AvgIpc) is 3.29. The first-order valence-corrected chi connectivity index (χ1v) is 20.2. The third kappa shape index (κ3) is 12.4. The topological polar surface area (TPSA) is 92.7 Å². The molecule has 0 saturated heterocycles. The molecule has 0 amide bonds. The number of aliphatic hydroxyl groups excluding tert-OH is 1. The molecule has 8 nitrogen and oxygen atoms in total. The number of Topliss-reactive ketones (excluding diaryl/α,β-unsaturated/α-hetero) is 1. The van der Waals surface area contributed by atoms with E-state index in [1.54, 1.807) is 0 Å². The van der Waals surface area contributed by atoms with Crippen LogP contribution in [0, 0.1) is 17.8 Å². The van der Waals surface area contributed by atoms with Crippen molar-refractivity contribution >= 4 is 5.78 Å². The molecule has 1 N–H and O–H groups in total. The predicted molar refractivity (Wildman–Crippen MR) is 225 cm³/mol. The van der Waals surface area contributed by atoms with Crippen LogP contribution in [0.25, 0.3) is 0 Å². The number of carbonyl (C=O) groups is 1. The Labute approximate surface area is 347 Å². The minimum atomic E-state index is -1.17. The molecule has 6 aromatic carbocycles. The summed E-state index contributed by atoms with van der Waals surface area (Å²) in [4.78, 5) is 14.7. The van der Waals surface area contributed by atoms with Gasteiger partial charge in [0.1, 0.15) is 5.78 Å². The first-order chi connectivity index (χ1) is 29.1. The lowest BCUT2D eigenvalue weighted by molar-refractivity contribution is -0.292. The summed E-state index contributed by atoms with van der Waals surface area (Å²) in [6.07, 6.45) is -4.45. The van der Waals surface area contributed by atoms with Gasteiger partial charge in [0, 0.05) is 18.3 Å². The summed E-state index contributed by atoms with van der Waals surface area (Å²) in [5.41, 5.74) is 5.55. The molecule has 1 aliphatic rings. The molecular formula is C51H52O8. The van der Waals surface area contributed by atoms with E-state index in [0.29, 0.717) is 0 Å². The summed E-state index contributed by atoms with van der Waals surface area (Å²) in [6.45, 7) is 1.13. The molecule has 1 unspecified atom stereocenters. The van der Waals surface area contributed by atoms with Gasteiger partial charge in [0.2, 0.25) is 0 Å². The van der Waals surface area contributed by atoms with Crippen LogP contribution in [0.4, 0.5) is 0 Å². The summed E-state index contributed by atoms with van der Waals surface area (Å²) in [7, 11) is 0. The third-order valence-electron chi connectivity index (χ3n) is 10.5. The molecular weight excluding hydrogens is 741 g/mol. The van der Waals surface area contributed by atoms with Crippen molar-refractivity contribution in [1.82, 2.24) is 0 Å². The first kappa shape index (κ1) is 41.9. The number of benzene rings is 6. The molecule has 0 spiro atoms. The van der Waals surface area contributed by atoms with E-state index in [9.17, 15) is 9.90 Å². The van der Waals surface area contributed by atoms with Gasteiger partial charge in [0.05, 0.1) is 51.7 Å². The molecule has 4 atom stereocenters. The second-order valence-electron chi connectivity index (χ2n) is 14.8. The van der Waals surface area contributed by atoms with Crippen molar-refractivity contribution in [2.75, 3.05) is 0 Å². The van der Waals surface area contributed by atoms with Crippen LogP contribution in [0.2, 0.25) is 0 Å². The fourth-order valence-corrected chi connectivity index (χ4v) is 7.55. The number of aliphatic hydroxyl groups is 1. The maximum atomic E-state index is 14.7. The van der Waals surface area contributed by atoms with Crippen LogP contribution in [-0.2, 0) is 72.9 Å². The number of ketones is 1. The summed E-state index contributed by atoms with van der Waals surface area (Å²) in [6, 6.07) is 58.8. The highest BCUT2D eigenvalue weighted by Gasteiger charge is 2.55. The predicted octanol–water partition coefficient (Wildman–Crippen LogP) is 9.45. The second kappa shape index (κ2) is 22.2. The van der Waals surface area contributed by atoms with Gasteiger partial charge < -0.3 is 33.5 Å². The molecule has 0 aromatic heterocycles. The standard InChI is InChI=1S/C51H52O8/c52-44-31-45(53)47(50(56-34-40-23-11-3-12-24-40)57-35-41-25-13-4-14-26-41)48(51(58-36-42-27-15-5-16-28-42)59-37-43-29-17-6-18-30-43)46(44)49(54-32-38-19-7-1-8-20-38)55-33-39-21-9-2-10-22-39/h1-30,44,46-52H,31-37H2/t44-,46+,47-,48?/m0/s1.